The number of urea groups is 1. The Labute approximate surface area is 203 Å². The number of carbonyl (C=O) groups is 1. The number of piperazine rings is 1. The Morgan fingerprint density at radius 1 is 1.03 bits per heavy atom. The smallest absolute Gasteiger partial charge is 0.317 e. The molecule has 2 amide bonds. The van der Waals surface area contributed by atoms with Gasteiger partial charge in [0.05, 0.1) is 0 Å². The van der Waals surface area contributed by atoms with E-state index in [1.54, 1.807) is 19.0 Å². The third-order valence-electron chi connectivity index (χ3n) is 7.25. The quantitative estimate of drug-likeness (QED) is 0.678. The Kier molecular flexibility index (Phi) is 8.03. The molecule has 0 atom stereocenters. The molecule has 1 aromatic heterocycles. The Morgan fingerprint density at radius 3 is 2.35 bits per heavy atom. The number of nitrogens with one attached hydrogen (secondary N) is 1. The highest BCUT2D eigenvalue weighted by molar-refractivity contribution is 5.73. The third kappa shape index (κ3) is 6.47. The van der Waals surface area contributed by atoms with Gasteiger partial charge in [0.15, 0.2) is 0 Å². The van der Waals surface area contributed by atoms with Crippen LogP contribution in [0.15, 0.2) is 36.4 Å². The van der Waals surface area contributed by atoms with Gasteiger partial charge >= 0.3 is 6.03 Å². The number of nitrogens with zero attached hydrogens (tertiary/aromatic N) is 4. The van der Waals surface area contributed by atoms with E-state index in [-0.39, 0.29) is 11.8 Å². The Hall–Kier alpha value is -2.67. The summed E-state index contributed by atoms with van der Waals surface area (Å²) in [5.41, 5.74) is 3.08. The average Bonchev–Trinajstić information content (AvgIpc) is 2.84. The fourth-order valence-corrected chi connectivity index (χ4v) is 5.09. The maximum Gasteiger partial charge on any atom is 0.317 e. The van der Waals surface area contributed by atoms with Crippen molar-refractivity contribution in [1.82, 2.24) is 20.1 Å². The maximum absolute atomic E-state index is 13.3. The van der Waals surface area contributed by atoms with Gasteiger partial charge in [0, 0.05) is 52.0 Å². The molecule has 6 nitrogen and oxygen atoms in total. The number of hydrogen-bond acceptors (Lipinski definition) is 4. The van der Waals surface area contributed by atoms with E-state index in [0.717, 1.165) is 74.1 Å². The summed E-state index contributed by atoms with van der Waals surface area (Å²) in [7, 11) is 3.58. The van der Waals surface area contributed by atoms with E-state index in [9.17, 15) is 9.18 Å². The zero-order chi connectivity index (χ0) is 24.1. The van der Waals surface area contributed by atoms with Crippen molar-refractivity contribution in [3.05, 3.63) is 47.9 Å². The highest BCUT2D eigenvalue weighted by Gasteiger charge is 2.24. The molecule has 1 saturated carbocycles. The molecule has 2 aliphatic rings. The fourth-order valence-electron chi connectivity index (χ4n) is 5.09. The number of hydrogen-bond donors (Lipinski definition) is 1. The first kappa shape index (κ1) is 24.5. The normalized spacial score (nSPS) is 21.4. The number of aryl methyl sites for hydroxylation is 1. The van der Waals surface area contributed by atoms with E-state index in [2.05, 4.69) is 27.2 Å². The number of pyridine rings is 1. The molecule has 7 heteroatoms. The van der Waals surface area contributed by atoms with Crippen molar-refractivity contribution in [2.24, 2.45) is 5.92 Å². The third-order valence-corrected chi connectivity index (χ3v) is 7.25. The van der Waals surface area contributed by atoms with Crippen molar-refractivity contribution in [2.75, 3.05) is 51.7 Å². The Bertz CT molecular complexity index is 948. The molecule has 1 saturated heterocycles. The molecule has 2 aromatic rings. The summed E-state index contributed by atoms with van der Waals surface area (Å²) in [5, 5.41) is 3.13. The molecular weight excluding hydrogens is 429 g/mol. The van der Waals surface area contributed by atoms with Crippen molar-refractivity contribution in [3.63, 3.8) is 0 Å². The Morgan fingerprint density at radius 2 is 1.71 bits per heavy atom. The standard InChI is InChI=1S/C27H38FN5O/c1-20-18-23(22-6-8-24(28)9-7-22)19-26(29-20)33-16-14-32(15-17-33)13-12-21-4-10-25(11-5-21)30-27(34)31(2)3/h6-9,18-19,21,25H,4-5,10-17H2,1-3H3,(H,30,34). The largest absolute Gasteiger partial charge is 0.354 e. The number of anilines is 1. The lowest BCUT2D eigenvalue weighted by molar-refractivity contribution is 0.194. The van der Waals surface area contributed by atoms with Gasteiger partial charge in [-0.3, -0.25) is 4.90 Å². The second kappa shape index (κ2) is 11.2. The zero-order valence-electron chi connectivity index (χ0n) is 20.8. The molecule has 184 valence electrons. The van der Waals surface area contributed by atoms with Crippen LogP contribution in [-0.2, 0) is 0 Å². The lowest BCUT2D eigenvalue weighted by Gasteiger charge is -2.37. The van der Waals surface area contributed by atoms with Crippen LogP contribution >= 0.6 is 0 Å². The number of carbonyl (C=O) groups excluding carboxylic acids is 1. The monoisotopic (exact) mass is 467 g/mol. The SMILES string of the molecule is Cc1cc(-c2ccc(F)cc2)cc(N2CCN(CCC3CCC(NC(=O)N(C)C)CC3)CC2)n1. The summed E-state index contributed by atoms with van der Waals surface area (Å²) in [6, 6.07) is 11.2. The van der Waals surface area contributed by atoms with Crippen LogP contribution in [0.25, 0.3) is 11.1 Å². The predicted molar refractivity (Wildman–Crippen MR) is 136 cm³/mol. The average molecular weight is 468 g/mol. The first-order valence-corrected chi connectivity index (χ1v) is 12.6. The number of aromatic nitrogens is 1. The van der Waals surface area contributed by atoms with Crippen LogP contribution in [0, 0.1) is 18.7 Å². The van der Waals surface area contributed by atoms with E-state index in [4.69, 9.17) is 4.98 Å². The number of halogens is 1. The van der Waals surface area contributed by atoms with Crippen molar-refractivity contribution in [1.29, 1.82) is 0 Å². The summed E-state index contributed by atoms with van der Waals surface area (Å²) < 4.78 is 13.3. The molecule has 4 rings (SSSR count). The molecule has 1 aliphatic heterocycles. The molecular formula is C27H38FN5O. The minimum Gasteiger partial charge on any atom is -0.354 e. The van der Waals surface area contributed by atoms with Gasteiger partial charge in [0.2, 0.25) is 0 Å². The van der Waals surface area contributed by atoms with Crippen LogP contribution in [0.5, 0.6) is 0 Å². The topological polar surface area (TPSA) is 51.7 Å². The van der Waals surface area contributed by atoms with Crippen molar-refractivity contribution >= 4 is 11.8 Å². The van der Waals surface area contributed by atoms with Gasteiger partial charge in [-0.1, -0.05) is 12.1 Å². The Balaban J connectivity index is 1.23. The lowest BCUT2D eigenvalue weighted by atomic mass is 9.84. The first-order chi connectivity index (χ1) is 16.4. The summed E-state index contributed by atoms with van der Waals surface area (Å²) in [4.78, 5) is 23.2. The second-order valence-corrected chi connectivity index (χ2v) is 10.0. The zero-order valence-corrected chi connectivity index (χ0v) is 20.8. The van der Waals surface area contributed by atoms with Crippen LogP contribution in [0.1, 0.15) is 37.8 Å². The van der Waals surface area contributed by atoms with Crippen molar-refractivity contribution < 1.29 is 9.18 Å². The molecule has 2 heterocycles. The number of benzene rings is 1. The maximum atomic E-state index is 13.3. The van der Waals surface area contributed by atoms with E-state index in [1.807, 2.05) is 19.1 Å². The van der Waals surface area contributed by atoms with Gasteiger partial charge in [-0.05, 0) is 86.9 Å². The van der Waals surface area contributed by atoms with Gasteiger partial charge in [-0.2, -0.15) is 0 Å². The highest BCUT2D eigenvalue weighted by atomic mass is 19.1. The summed E-state index contributed by atoms with van der Waals surface area (Å²) in [6.07, 6.45) is 5.84. The molecule has 0 unspecified atom stereocenters. The van der Waals surface area contributed by atoms with Gasteiger partial charge in [0.25, 0.3) is 0 Å². The summed E-state index contributed by atoms with van der Waals surface area (Å²) in [6.45, 7) is 7.22. The van der Waals surface area contributed by atoms with Crippen LogP contribution in [0.2, 0.25) is 0 Å². The van der Waals surface area contributed by atoms with Crippen LogP contribution < -0.4 is 10.2 Å². The van der Waals surface area contributed by atoms with E-state index in [1.165, 1.54) is 31.4 Å². The summed E-state index contributed by atoms with van der Waals surface area (Å²) >= 11 is 0. The second-order valence-electron chi connectivity index (χ2n) is 10.0. The lowest BCUT2D eigenvalue weighted by Crippen LogP contribution is -2.47. The molecule has 34 heavy (non-hydrogen) atoms. The minimum atomic E-state index is -0.213. The molecule has 0 radical (unpaired) electrons. The predicted octanol–water partition coefficient (Wildman–Crippen LogP) is 4.54. The minimum absolute atomic E-state index is 0.0224. The van der Waals surface area contributed by atoms with Gasteiger partial charge in [-0.15, -0.1) is 0 Å². The van der Waals surface area contributed by atoms with Gasteiger partial charge in [-0.25, -0.2) is 14.2 Å². The highest BCUT2D eigenvalue weighted by Crippen LogP contribution is 2.28. The molecule has 2 fully saturated rings. The molecule has 0 spiro atoms. The van der Waals surface area contributed by atoms with Gasteiger partial charge < -0.3 is 15.1 Å². The summed E-state index contributed by atoms with van der Waals surface area (Å²) in [5.74, 6) is 1.56. The first-order valence-electron chi connectivity index (χ1n) is 12.6. The van der Waals surface area contributed by atoms with Crippen molar-refractivity contribution in [2.45, 2.75) is 45.1 Å². The van der Waals surface area contributed by atoms with Crippen molar-refractivity contribution in [3.8, 4) is 11.1 Å². The number of amides is 2. The molecule has 1 aliphatic carbocycles. The number of rotatable bonds is 6. The van der Waals surface area contributed by atoms with Crippen LogP contribution in [0.4, 0.5) is 15.0 Å². The molecule has 0 bridgehead atoms. The van der Waals surface area contributed by atoms with E-state index < -0.39 is 0 Å². The fraction of sp³-hybridized carbons (Fsp3) is 0.556. The van der Waals surface area contributed by atoms with E-state index in [0.29, 0.717) is 6.04 Å². The van der Waals surface area contributed by atoms with Gasteiger partial charge in [0.1, 0.15) is 11.6 Å². The van der Waals surface area contributed by atoms with E-state index >= 15 is 0 Å². The van der Waals surface area contributed by atoms with Crippen LogP contribution in [0.3, 0.4) is 0 Å². The molecule has 1 aromatic carbocycles. The molecule has 1 N–H and O–H groups in total. The van der Waals surface area contributed by atoms with Crippen LogP contribution in [-0.4, -0.2) is 73.7 Å².